The van der Waals surface area contributed by atoms with Crippen molar-refractivity contribution in [3.8, 4) is 0 Å². The highest BCUT2D eigenvalue weighted by Crippen LogP contribution is 2.24. The Morgan fingerprint density at radius 2 is 1.86 bits per heavy atom. The van der Waals surface area contributed by atoms with Gasteiger partial charge in [0.1, 0.15) is 18.3 Å². The molecule has 1 aliphatic rings. The minimum Gasteiger partial charge on any atom is -0.394 e. The summed E-state index contributed by atoms with van der Waals surface area (Å²) in [6.07, 6.45) is -3.21. The second-order valence-corrected chi connectivity index (χ2v) is 4.12. The lowest BCUT2D eigenvalue weighted by atomic mass is 9.88. The van der Waals surface area contributed by atoms with Crippen molar-refractivity contribution in [1.82, 2.24) is 0 Å². The van der Waals surface area contributed by atoms with Gasteiger partial charge in [-0.3, -0.25) is 0 Å². The van der Waals surface area contributed by atoms with Crippen molar-refractivity contribution in [2.24, 2.45) is 11.7 Å². The van der Waals surface area contributed by atoms with E-state index >= 15 is 0 Å². The maximum absolute atomic E-state index is 9.60. The molecular weight excluding hydrogens is 186 g/mol. The maximum atomic E-state index is 9.60. The molecule has 1 saturated heterocycles. The molecule has 0 radical (unpaired) electrons. The van der Waals surface area contributed by atoms with Crippen molar-refractivity contribution in [2.75, 3.05) is 6.61 Å². The van der Waals surface area contributed by atoms with Crippen molar-refractivity contribution in [2.45, 2.75) is 44.3 Å². The van der Waals surface area contributed by atoms with Crippen molar-refractivity contribution in [3.63, 3.8) is 0 Å². The standard InChI is InChI=1S/C9H19NO4/c1-4(2)9-6(10)8(13)7(12)5(3-11)14-9/h4-9,11-13H,3,10H2,1-2H3/t5-,6-,7-,8-,9?/m1/s1. The molecule has 84 valence electrons. The van der Waals surface area contributed by atoms with Gasteiger partial charge in [-0.15, -0.1) is 0 Å². The average molecular weight is 205 g/mol. The van der Waals surface area contributed by atoms with Crippen molar-refractivity contribution >= 4 is 0 Å². The molecule has 0 aromatic heterocycles. The summed E-state index contributed by atoms with van der Waals surface area (Å²) >= 11 is 0. The summed E-state index contributed by atoms with van der Waals surface area (Å²) in [4.78, 5) is 0. The van der Waals surface area contributed by atoms with Gasteiger partial charge in [-0.1, -0.05) is 13.8 Å². The van der Waals surface area contributed by atoms with Gasteiger partial charge in [0.05, 0.1) is 18.8 Å². The molecule has 5 nitrogen and oxygen atoms in total. The van der Waals surface area contributed by atoms with Crippen LogP contribution in [0.4, 0.5) is 0 Å². The van der Waals surface area contributed by atoms with E-state index in [0.29, 0.717) is 0 Å². The Morgan fingerprint density at radius 3 is 2.29 bits per heavy atom. The van der Waals surface area contributed by atoms with Crippen LogP contribution in [0.3, 0.4) is 0 Å². The number of ether oxygens (including phenoxy) is 1. The van der Waals surface area contributed by atoms with Gasteiger partial charge in [0, 0.05) is 0 Å². The van der Waals surface area contributed by atoms with Crippen molar-refractivity contribution in [1.29, 1.82) is 0 Å². The fourth-order valence-corrected chi connectivity index (χ4v) is 1.77. The van der Waals surface area contributed by atoms with Crippen LogP contribution in [-0.4, -0.2) is 52.4 Å². The average Bonchev–Trinajstić information content (AvgIpc) is 2.14. The molecule has 1 fully saturated rings. The smallest absolute Gasteiger partial charge is 0.110 e. The lowest BCUT2D eigenvalue weighted by molar-refractivity contribution is -0.198. The number of aliphatic hydroxyl groups is 3. The topological polar surface area (TPSA) is 95.9 Å². The molecule has 0 aromatic carbocycles. The Morgan fingerprint density at radius 1 is 1.29 bits per heavy atom. The van der Waals surface area contributed by atoms with Gasteiger partial charge < -0.3 is 25.8 Å². The van der Waals surface area contributed by atoms with Crippen LogP contribution in [0.15, 0.2) is 0 Å². The van der Waals surface area contributed by atoms with Crippen LogP contribution in [0.1, 0.15) is 13.8 Å². The first kappa shape index (κ1) is 11.9. The normalized spacial score (nSPS) is 44.4. The summed E-state index contributed by atoms with van der Waals surface area (Å²) in [5, 5.41) is 28.0. The van der Waals surface area contributed by atoms with Gasteiger partial charge in [-0.05, 0) is 5.92 Å². The van der Waals surface area contributed by atoms with Gasteiger partial charge >= 0.3 is 0 Å². The Hall–Kier alpha value is -0.200. The summed E-state index contributed by atoms with van der Waals surface area (Å²) in [5.41, 5.74) is 5.71. The van der Waals surface area contributed by atoms with Crippen LogP contribution < -0.4 is 5.73 Å². The Balaban J connectivity index is 2.73. The molecule has 0 aromatic rings. The molecule has 0 spiro atoms. The van der Waals surface area contributed by atoms with Gasteiger partial charge in [-0.2, -0.15) is 0 Å². The molecule has 0 bridgehead atoms. The van der Waals surface area contributed by atoms with Gasteiger partial charge in [0.2, 0.25) is 0 Å². The number of aliphatic hydroxyl groups excluding tert-OH is 3. The number of nitrogens with two attached hydrogens (primary N) is 1. The predicted molar refractivity (Wildman–Crippen MR) is 50.6 cm³/mol. The minimum absolute atomic E-state index is 0.140. The first-order valence-electron chi connectivity index (χ1n) is 4.87. The summed E-state index contributed by atoms with van der Waals surface area (Å²) < 4.78 is 5.41. The van der Waals surface area contributed by atoms with Crippen molar-refractivity contribution < 1.29 is 20.1 Å². The van der Waals surface area contributed by atoms with Gasteiger partial charge in [0.25, 0.3) is 0 Å². The Bertz CT molecular complexity index is 186. The van der Waals surface area contributed by atoms with E-state index in [0.717, 1.165) is 0 Å². The summed E-state index contributed by atoms with van der Waals surface area (Å²) in [6, 6.07) is -0.604. The molecule has 1 unspecified atom stereocenters. The number of hydrogen-bond donors (Lipinski definition) is 4. The molecule has 14 heavy (non-hydrogen) atoms. The summed E-state index contributed by atoms with van der Waals surface area (Å²) in [6.45, 7) is 3.53. The third-order valence-electron chi connectivity index (χ3n) is 2.67. The molecular formula is C9H19NO4. The van der Waals surface area contributed by atoms with Crippen LogP contribution in [0, 0.1) is 5.92 Å². The molecule has 5 heteroatoms. The SMILES string of the molecule is CC(C)C1O[C@H](CO)[C@@H](O)[C@H](O)[C@H]1N. The van der Waals surface area contributed by atoms with E-state index in [4.69, 9.17) is 15.6 Å². The lowest BCUT2D eigenvalue weighted by Crippen LogP contribution is -2.63. The van der Waals surface area contributed by atoms with E-state index < -0.39 is 24.4 Å². The molecule has 0 aliphatic carbocycles. The van der Waals surface area contributed by atoms with Crippen molar-refractivity contribution in [3.05, 3.63) is 0 Å². The zero-order chi connectivity index (χ0) is 10.9. The first-order valence-corrected chi connectivity index (χ1v) is 4.87. The third-order valence-corrected chi connectivity index (χ3v) is 2.67. The molecule has 0 amide bonds. The van der Waals surface area contributed by atoms with E-state index in [1.807, 2.05) is 13.8 Å². The van der Waals surface area contributed by atoms with E-state index in [-0.39, 0.29) is 18.6 Å². The largest absolute Gasteiger partial charge is 0.394 e. The first-order chi connectivity index (χ1) is 6.49. The second kappa shape index (κ2) is 4.55. The fourth-order valence-electron chi connectivity index (χ4n) is 1.77. The summed E-state index contributed by atoms with van der Waals surface area (Å²) in [7, 11) is 0. The number of rotatable bonds is 2. The molecule has 0 saturated carbocycles. The molecule has 5 atom stereocenters. The van der Waals surface area contributed by atoms with Crippen LogP contribution in [0.2, 0.25) is 0 Å². The van der Waals surface area contributed by atoms with E-state index in [1.165, 1.54) is 0 Å². The minimum atomic E-state index is -1.11. The maximum Gasteiger partial charge on any atom is 0.110 e. The number of hydrogen-bond acceptors (Lipinski definition) is 5. The highest BCUT2D eigenvalue weighted by atomic mass is 16.5. The zero-order valence-electron chi connectivity index (χ0n) is 8.50. The van der Waals surface area contributed by atoms with Crippen LogP contribution in [0.5, 0.6) is 0 Å². The molecule has 1 rings (SSSR count). The fraction of sp³-hybridized carbons (Fsp3) is 1.00. The van der Waals surface area contributed by atoms with Crippen LogP contribution >= 0.6 is 0 Å². The Labute approximate surface area is 83.5 Å². The van der Waals surface area contributed by atoms with E-state index in [1.54, 1.807) is 0 Å². The predicted octanol–water partition coefficient (Wildman–Crippen LogP) is -1.55. The van der Waals surface area contributed by atoms with E-state index in [9.17, 15) is 10.2 Å². The van der Waals surface area contributed by atoms with Crippen LogP contribution in [-0.2, 0) is 4.74 Å². The van der Waals surface area contributed by atoms with Gasteiger partial charge in [-0.25, -0.2) is 0 Å². The summed E-state index contributed by atoms with van der Waals surface area (Å²) in [5.74, 6) is 0.140. The van der Waals surface area contributed by atoms with Crippen LogP contribution in [0.25, 0.3) is 0 Å². The van der Waals surface area contributed by atoms with E-state index in [2.05, 4.69) is 0 Å². The zero-order valence-corrected chi connectivity index (χ0v) is 8.50. The molecule has 1 aliphatic heterocycles. The third kappa shape index (κ3) is 2.07. The molecule has 5 N–H and O–H groups in total. The lowest BCUT2D eigenvalue weighted by Gasteiger charge is -2.42. The quantitative estimate of drug-likeness (QED) is 0.438. The Kier molecular flexibility index (Phi) is 3.86. The second-order valence-electron chi connectivity index (χ2n) is 4.12. The highest BCUT2D eigenvalue weighted by Gasteiger charge is 2.43. The highest BCUT2D eigenvalue weighted by molar-refractivity contribution is 4.95. The molecule has 1 heterocycles. The monoisotopic (exact) mass is 205 g/mol. The van der Waals surface area contributed by atoms with Gasteiger partial charge in [0.15, 0.2) is 0 Å².